The molecule has 1 aromatic heterocycles. The molecule has 1 aromatic carbocycles. The van der Waals surface area contributed by atoms with E-state index in [1.54, 1.807) is 12.3 Å². The van der Waals surface area contributed by atoms with Crippen molar-refractivity contribution >= 4 is 11.6 Å². The Morgan fingerprint density at radius 1 is 1.12 bits per heavy atom. The van der Waals surface area contributed by atoms with Crippen molar-refractivity contribution in [3.05, 3.63) is 59.9 Å². The fourth-order valence-electron chi connectivity index (χ4n) is 2.55. The highest BCUT2D eigenvalue weighted by Gasteiger charge is 2.15. The Morgan fingerprint density at radius 3 is 2.48 bits per heavy atom. The van der Waals surface area contributed by atoms with Crippen LogP contribution >= 0.6 is 0 Å². The summed E-state index contributed by atoms with van der Waals surface area (Å²) < 4.78 is 0. The maximum Gasteiger partial charge on any atom is 0.272 e. The summed E-state index contributed by atoms with van der Waals surface area (Å²) in [5.74, 6) is -0.0366. The largest absolute Gasteiger partial charge is 0.384 e. The predicted molar refractivity (Wildman–Crippen MR) is 103 cm³/mol. The van der Waals surface area contributed by atoms with Crippen molar-refractivity contribution < 1.29 is 4.79 Å². The van der Waals surface area contributed by atoms with E-state index in [9.17, 15) is 4.79 Å². The quantitative estimate of drug-likeness (QED) is 0.713. The number of anilines is 1. The number of pyridine rings is 1. The normalized spacial score (nSPS) is 10.7. The van der Waals surface area contributed by atoms with E-state index < -0.39 is 0 Å². The summed E-state index contributed by atoms with van der Waals surface area (Å²) in [6.07, 6.45) is 2.80. The number of hydrogen-bond acceptors (Lipinski definition) is 4. The third kappa shape index (κ3) is 6.19. The van der Waals surface area contributed by atoms with Crippen LogP contribution in [0.15, 0.2) is 48.7 Å². The summed E-state index contributed by atoms with van der Waals surface area (Å²) >= 11 is 0. The first kappa shape index (κ1) is 18.9. The number of benzene rings is 1. The molecule has 1 N–H and O–H groups in total. The van der Waals surface area contributed by atoms with Crippen LogP contribution in [-0.4, -0.2) is 54.4 Å². The van der Waals surface area contributed by atoms with Crippen molar-refractivity contribution in [1.29, 1.82) is 0 Å². The molecule has 0 saturated carbocycles. The van der Waals surface area contributed by atoms with E-state index in [0.717, 1.165) is 30.8 Å². The molecule has 0 atom stereocenters. The molecular formula is C20H28N4O. The van der Waals surface area contributed by atoms with Crippen LogP contribution in [0.5, 0.6) is 0 Å². The average molecular weight is 340 g/mol. The Bertz CT molecular complexity index is 641. The standard InChI is InChI=1S/C20H28N4O/c1-4-24(16-17-9-6-5-7-10-17)20(25)19-12-11-18(15-22-19)21-13-8-14-23(2)3/h5-7,9-12,15,21H,4,8,13-14,16H2,1-3H3. The van der Waals surface area contributed by atoms with Gasteiger partial charge in [-0.25, -0.2) is 4.98 Å². The summed E-state index contributed by atoms with van der Waals surface area (Å²) in [5, 5.41) is 3.34. The Morgan fingerprint density at radius 2 is 1.88 bits per heavy atom. The van der Waals surface area contributed by atoms with Crippen molar-refractivity contribution in [3.8, 4) is 0 Å². The van der Waals surface area contributed by atoms with Gasteiger partial charge in [-0.1, -0.05) is 30.3 Å². The lowest BCUT2D eigenvalue weighted by Gasteiger charge is -2.20. The van der Waals surface area contributed by atoms with E-state index in [2.05, 4.69) is 29.3 Å². The van der Waals surface area contributed by atoms with Gasteiger partial charge in [0.15, 0.2) is 0 Å². The molecule has 134 valence electrons. The number of hydrogen-bond donors (Lipinski definition) is 1. The lowest BCUT2D eigenvalue weighted by atomic mass is 10.2. The number of rotatable bonds is 9. The van der Waals surface area contributed by atoms with Crippen molar-refractivity contribution in [2.24, 2.45) is 0 Å². The molecule has 0 aliphatic carbocycles. The number of amides is 1. The summed E-state index contributed by atoms with van der Waals surface area (Å²) in [6, 6.07) is 13.7. The summed E-state index contributed by atoms with van der Waals surface area (Å²) in [6.45, 7) is 5.17. The van der Waals surface area contributed by atoms with E-state index in [1.165, 1.54) is 0 Å². The second-order valence-corrected chi connectivity index (χ2v) is 6.32. The topological polar surface area (TPSA) is 48.5 Å². The van der Waals surface area contributed by atoms with Crippen LogP contribution in [0.3, 0.4) is 0 Å². The van der Waals surface area contributed by atoms with Gasteiger partial charge in [-0.3, -0.25) is 4.79 Å². The van der Waals surface area contributed by atoms with Crippen LogP contribution in [0.1, 0.15) is 29.4 Å². The van der Waals surface area contributed by atoms with Crippen LogP contribution < -0.4 is 5.32 Å². The molecule has 5 nitrogen and oxygen atoms in total. The van der Waals surface area contributed by atoms with Crippen molar-refractivity contribution in [1.82, 2.24) is 14.8 Å². The smallest absolute Gasteiger partial charge is 0.272 e. The molecule has 25 heavy (non-hydrogen) atoms. The lowest BCUT2D eigenvalue weighted by molar-refractivity contribution is 0.0746. The highest BCUT2D eigenvalue weighted by Crippen LogP contribution is 2.11. The fourth-order valence-corrected chi connectivity index (χ4v) is 2.55. The first-order valence-corrected chi connectivity index (χ1v) is 8.78. The van der Waals surface area contributed by atoms with Crippen molar-refractivity contribution in [3.63, 3.8) is 0 Å². The van der Waals surface area contributed by atoms with Gasteiger partial charge in [0.1, 0.15) is 5.69 Å². The van der Waals surface area contributed by atoms with Crippen molar-refractivity contribution in [2.75, 3.05) is 39.0 Å². The highest BCUT2D eigenvalue weighted by molar-refractivity contribution is 5.92. The zero-order valence-electron chi connectivity index (χ0n) is 15.4. The molecule has 5 heteroatoms. The Labute approximate surface area is 150 Å². The minimum Gasteiger partial charge on any atom is -0.384 e. The zero-order chi connectivity index (χ0) is 18.1. The second-order valence-electron chi connectivity index (χ2n) is 6.32. The van der Waals surface area contributed by atoms with Crippen LogP contribution in [-0.2, 0) is 6.54 Å². The van der Waals surface area contributed by atoms with Gasteiger partial charge in [0.25, 0.3) is 5.91 Å². The molecule has 0 unspecified atom stereocenters. The summed E-state index contributed by atoms with van der Waals surface area (Å²) in [5.41, 5.74) is 2.55. The molecule has 0 aliphatic rings. The van der Waals surface area contributed by atoms with Crippen LogP contribution in [0.4, 0.5) is 5.69 Å². The first-order chi connectivity index (χ1) is 12.1. The number of carbonyl (C=O) groups excluding carboxylic acids is 1. The molecule has 2 rings (SSSR count). The average Bonchev–Trinajstić information content (AvgIpc) is 2.64. The second kappa shape index (κ2) is 9.79. The number of aromatic nitrogens is 1. The third-order valence-corrected chi connectivity index (χ3v) is 3.98. The minimum absolute atomic E-state index is 0.0366. The Balaban J connectivity index is 1.91. The number of carbonyl (C=O) groups is 1. The van der Waals surface area contributed by atoms with Gasteiger partial charge in [0, 0.05) is 19.6 Å². The van der Waals surface area contributed by atoms with E-state index >= 15 is 0 Å². The lowest BCUT2D eigenvalue weighted by Crippen LogP contribution is -2.30. The summed E-state index contributed by atoms with van der Waals surface area (Å²) in [4.78, 5) is 21.0. The van der Waals surface area contributed by atoms with Gasteiger partial charge >= 0.3 is 0 Å². The van der Waals surface area contributed by atoms with E-state index in [0.29, 0.717) is 18.8 Å². The SMILES string of the molecule is CCN(Cc1ccccc1)C(=O)c1ccc(NCCCN(C)C)cn1. The van der Waals surface area contributed by atoms with Gasteiger partial charge in [0.05, 0.1) is 11.9 Å². The zero-order valence-corrected chi connectivity index (χ0v) is 15.4. The Hall–Kier alpha value is -2.40. The van der Waals surface area contributed by atoms with Crippen molar-refractivity contribution in [2.45, 2.75) is 19.9 Å². The highest BCUT2D eigenvalue weighted by atomic mass is 16.2. The van der Waals surface area contributed by atoms with E-state index in [-0.39, 0.29) is 5.91 Å². The van der Waals surface area contributed by atoms with Crippen LogP contribution in [0.2, 0.25) is 0 Å². The predicted octanol–water partition coefficient (Wildman–Crippen LogP) is 3.11. The van der Waals surface area contributed by atoms with E-state index in [1.807, 2.05) is 48.2 Å². The van der Waals surface area contributed by atoms with Gasteiger partial charge in [-0.2, -0.15) is 0 Å². The van der Waals surface area contributed by atoms with Crippen LogP contribution in [0, 0.1) is 0 Å². The molecule has 0 bridgehead atoms. The molecule has 0 saturated heterocycles. The Kier molecular flexibility index (Phi) is 7.41. The maximum atomic E-state index is 12.7. The summed E-state index contributed by atoms with van der Waals surface area (Å²) in [7, 11) is 4.13. The van der Waals surface area contributed by atoms with Gasteiger partial charge in [-0.05, 0) is 51.7 Å². The van der Waals surface area contributed by atoms with Gasteiger partial charge < -0.3 is 15.1 Å². The van der Waals surface area contributed by atoms with Crippen LogP contribution in [0.25, 0.3) is 0 Å². The molecule has 0 spiro atoms. The molecule has 0 radical (unpaired) electrons. The fraction of sp³-hybridized carbons (Fsp3) is 0.400. The third-order valence-electron chi connectivity index (χ3n) is 3.98. The first-order valence-electron chi connectivity index (χ1n) is 8.78. The molecule has 0 fully saturated rings. The molecule has 1 heterocycles. The molecular weight excluding hydrogens is 312 g/mol. The number of nitrogens with one attached hydrogen (secondary N) is 1. The van der Waals surface area contributed by atoms with Gasteiger partial charge in [-0.15, -0.1) is 0 Å². The van der Waals surface area contributed by atoms with Gasteiger partial charge in [0.2, 0.25) is 0 Å². The van der Waals surface area contributed by atoms with E-state index in [4.69, 9.17) is 0 Å². The molecule has 0 aliphatic heterocycles. The maximum absolute atomic E-state index is 12.7. The molecule has 2 aromatic rings. The monoisotopic (exact) mass is 340 g/mol. The minimum atomic E-state index is -0.0366. The number of nitrogens with zero attached hydrogens (tertiary/aromatic N) is 3. The molecule has 1 amide bonds.